The van der Waals surface area contributed by atoms with Crippen molar-refractivity contribution in [2.45, 2.75) is 13.5 Å². The van der Waals surface area contributed by atoms with E-state index < -0.39 is 17.8 Å². The molecule has 0 bridgehead atoms. The first-order valence-electron chi connectivity index (χ1n) is 8.04. The standard InChI is InChI=1S/C19H17FN2O4/c1-2-26-16-9-5-7-12(17(16)23)10-15-18(24)22(19(25)21-15)11-13-6-3-4-8-14(13)20/h3-10,23H,2,11H2,1H3,(H,21,25)/b15-10-. The van der Waals surface area contributed by atoms with Crippen molar-refractivity contribution in [1.29, 1.82) is 0 Å². The fraction of sp³-hybridized carbons (Fsp3) is 0.158. The lowest BCUT2D eigenvalue weighted by Crippen LogP contribution is -2.30. The number of phenolic OH excluding ortho intramolecular Hbond substituents is 1. The maximum atomic E-state index is 13.8. The van der Waals surface area contributed by atoms with E-state index in [1.54, 1.807) is 31.2 Å². The number of hydrogen-bond donors (Lipinski definition) is 2. The summed E-state index contributed by atoms with van der Waals surface area (Å²) in [6, 6.07) is 10.1. The van der Waals surface area contributed by atoms with E-state index in [1.165, 1.54) is 24.3 Å². The van der Waals surface area contributed by atoms with Gasteiger partial charge < -0.3 is 15.2 Å². The third-order valence-electron chi connectivity index (χ3n) is 3.88. The molecule has 7 heteroatoms. The summed E-state index contributed by atoms with van der Waals surface area (Å²) in [4.78, 5) is 25.5. The lowest BCUT2D eigenvalue weighted by Gasteiger charge is -2.12. The topological polar surface area (TPSA) is 78.9 Å². The van der Waals surface area contributed by atoms with Gasteiger partial charge in [-0.2, -0.15) is 0 Å². The molecule has 1 aliphatic heterocycles. The second kappa shape index (κ2) is 7.26. The predicted octanol–water partition coefficient (Wildman–Crippen LogP) is 3.02. The number of nitrogens with zero attached hydrogens (tertiary/aromatic N) is 1. The summed E-state index contributed by atoms with van der Waals surface area (Å²) in [5.41, 5.74) is 0.557. The van der Waals surface area contributed by atoms with E-state index >= 15 is 0 Å². The molecule has 0 aromatic heterocycles. The minimum Gasteiger partial charge on any atom is -0.504 e. The molecular weight excluding hydrogens is 339 g/mol. The second-order valence-corrected chi connectivity index (χ2v) is 5.60. The van der Waals surface area contributed by atoms with E-state index in [0.717, 1.165) is 4.90 Å². The van der Waals surface area contributed by atoms with Crippen LogP contribution in [0.4, 0.5) is 9.18 Å². The molecule has 3 rings (SSSR count). The first-order chi connectivity index (χ1) is 12.5. The maximum Gasteiger partial charge on any atom is 0.329 e. The largest absolute Gasteiger partial charge is 0.504 e. The van der Waals surface area contributed by atoms with Gasteiger partial charge in [-0.3, -0.25) is 9.69 Å². The summed E-state index contributed by atoms with van der Waals surface area (Å²) in [6.45, 7) is 1.98. The van der Waals surface area contributed by atoms with Crippen LogP contribution in [0, 0.1) is 5.82 Å². The molecule has 2 aromatic rings. The molecule has 0 aliphatic carbocycles. The van der Waals surface area contributed by atoms with Crippen LogP contribution in [0.2, 0.25) is 0 Å². The SMILES string of the molecule is CCOc1cccc(/C=C2\NC(=O)N(Cc3ccccc3F)C2=O)c1O. The zero-order valence-corrected chi connectivity index (χ0v) is 14.0. The molecule has 3 amide bonds. The average molecular weight is 356 g/mol. The van der Waals surface area contributed by atoms with E-state index in [0.29, 0.717) is 12.2 Å². The molecule has 26 heavy (non-hydrogen) atoms. The lowest BCUT2D eigenvalue weighted by atomic mass is 10.1. The number of aromatic hydroxyl groups is 1. The van der Waals surface area contributed by atoms with Crippen LogP contribution in [0.25, 0.3) is 6.08 Å². The van der Waals surface area contributed by atoms with Gasteiger partial charge in [0.15, 0.2) is 11.5 Å². The molecule has 0 atom stereocenters. The third kappa shape index (κ3) is 3.37. The van der Waals surface area contributed by atoms with E-state index in [-0.39, 0.29) is 29.3 Å². The van der Waals surface area contributed by atoms with Crippen LogP contribution in [-0.4, -0.2) is 28.6 Å². The number of nitrogens with one attached hydrogen (secondary N) is 1. The number of urea groups is 1. The number of rotatable bonds is 5. The van der Waals surface area contributed by atoms with Gasteiger partial charge in [0.2, 0.25) is 0 Å². The number of phenols is 1. The number of carbonyl (C=O) groups excluding carboxylic acids is 2. The lowest BCUT2D eigenvalue weighted by molar-refractivity contribution is -0.123. The van der Waals surface area contributed by atoms with E-state index in [1.807, 2.05) is 0 Å². The van der Waals surface area contributed by atoms with Gasteiger partial charge in [0.05, 0.1) is 13.2 Å². The number of ether oxygens (including phenoxy) is 1. The van der Waals surface area contributed by atoms with Crippen LogP contribution in [0.3, 0.4) is 0 Å². The van der Waals surface area contributed by atoms with Gasteiger partial charge in [0.1, 0.15) is 11.5 Å². The molecule has 0 spiro atoms. The first-order valence-corrected chi connectivity index (χ1v) is 8.04. The van der Waals surface area contributed by atoms with Crippen molar-refractivity contribution >= 4 is 18.0 Å². The number of carbonyl (C=O) groups is 2. The predicted molar refractivity (Wildman–Crippen MR) is 92.7 cm³/mol. The molecule has 2 aromatic carbocycles. The molecule has 0 radical (unpaired) electrons. The van der Waals surface area contributed by atoms with Crippen LogP contribution in [-0.2, 0) is 11.3 Å². The normalized spacial score (nSPS) is 15.5. The number of benzene rings is 2. The Bertz CT molecular complexity index is 895. The highest BCUT2D eigenvalue weighted by molar-refractivity contribution is 6.14. The van der Waals surface area contributed by atoms with E-state index in [4.69, 9.17) is 4.74 Å². The zero-order valence-electron chi connectivity index (χ0n) is 14.0. The quantitative estimate of drug-likeness (QED) is 0.638. The van der Waals surface area contributed by atoms with Crippen molar-refractivity contribution in [2.75, 3.05) is 6.61 Å². The molecule has 2 N–H and O–H groups in total. The van der Waals surface area contributed by atoms with Gasteiger partial charge in [-0.1, -0.05) is 30.3 Å². The van der Waals surface area contributed by atoms with Gasteiger partial charge in [-0.25, -0.2) is 9.18 Å². The molecule has 134 valence electrons. The zero-order chi connectivity index (χ0) is 18.7. The Labute approximate surface area is 149 Å². The van der Waals surface area contributed by atoms with Crippen molar-refractivity contribution < 1.29 is 23.8 Å². The fourth-order valence-corrected chi connectivity index (χ4v) is 2.60. The number of para-hydroxylation sites is 1. The molecule has 1 fully saturated rings. The number of imide groups is 1. The van der Waals surface area contributed by atoms with Gasteiger partial charge in [0.25, 0.3) is 5.91 Å². The maximum absolute atomic E-state index is 13.8. The Morgan fingerprint density at radius 1 is 1.19 bits per heavy atom. The van der Waals surface area contributed by atoms with Crippen molar-refractivity contribution in [3.05, 3.63) is 65.1 Å². The second-order valence-electron chi connectivity index (χ2n) is 5.60. The average Bonchev–Trinajstić information content (AvgIpc) is 2.88. The Hall–Kier alpha value is -3.35. The Morgan fingerprint density at radius 2 is 1.96 bits per heavy atom. The fourth-order valence-electron chi connectivity index (χ4n) is 2.60. The van der Waals surface area contributed by atoms with Crippen LogP contribution in [0.15, 0.2) is 48.2 Å². The highest BCUT2D eigenvalue weighted by Crippen LogP contribution is 2.31. The molecule has 6 nitrogen and oxygen atoms in total. The summed E-state index contributed by atoms with van der Waals surface area (Å²) in [5, 5.41) is 12.7. The van der Waals surface area contributed by atoms with Crippen LogP contribution >= 0.6 is 0 Å². The number of halogens is 1. The minimum atomic E-state index is -0.648. The van der Waals surface area contributed by atoms with Crippen molar-refractivity contribution in [1.82, 2.24) is 10.2 Å². The van der Waals surface area contributed by atoms with Crippen molar-refractivity contribution in [2.24, 2.45) is 0 Å². The van der Waals surface area contributed by atoms with Crippen molar-refractivity contribution in [3.8, 4) is 11.5 Å². The van der Waals surface area contributed by atoms with Gasteiger partial charge in [0, 0.05) is 11.1 Å². The summed E-state index contributed by atoms with van der Waals surface area (Å²) < 4.78 is 19.1. The first kappa shape index (κ1) is 17.5. The number of hydrogen-bond acceptors (Lipinski definition) is 4. The molecule has 0 saturated carbocycles. The van der Waals surface area contributed by atoms with Gasteiger partial charge in [-0.15, -0.1) is 0 Å². The van der Waals surface area contributed by atoms with E-state index in [2.05, 4.69) is 5.32 Å². The minimum absolute atomic E-state index is 0.00436. The van der Waals surface area contributed by atoms with Crippen LogP contribution in [0.5, 0.6) is 11.5 Å². The molecule has 0 unspecified atom stereocenters. The highest BCUT2D eigenvalue weighted by atomic mass is 19.1. The smallest absolute Gasteiger partial charge is 0.329 e. The van der Waals surface area contributed by atoms with Crippen LogP contribution < -0.4 is 10.1 Å². The molecule has 1 saturated heterocycles. The van der Waals surface area contributed by atoms with Crippen LogP contribution in [0.1, 0.15) is 18.1 Å². The summed E-state index contributed by atoms with van der Waals surface area (Å²) >= 11 is 0. The number of amides is 3. The van der Waals surface area contributed by atoms with Gasteiger partial charge in [-0.05, 0) is 25.1 Å². The molecular formula is C19H17FN2O4. The Kier molecular flexibility index (Phi) is 4.88. The summed E-state index contributed by atoms with van der Waals surface area (Å²) in [5.74, 6) is -0.939. The van der Waals surface area contributed by atoms with Crippen molar-refractivity contribution in [3.63, 3.8) is 0 Å². The summed E-state index contributed by atoms with van der Waals surface area (Å²) in [6.07, 6.45) is 1.36. The van der Waals surface area contributed by atoms with Gasteiger partial charge >= 0.3 is 6.03 Å². The Morgan fingerprint density at radius 3 is 2.69 bits per heavy atom. The summed E-state index contributed by atoms with van der Waals surface area (Å²) in [7, 11) is 0. The third-order valence-corrected chi connectivity index (χ3v) is 3.88. The molecule has 1 aliphatic rings. The monoisotopic (exact) mass is 356 g/mol. The molecule has 1 heterocycles. The highest BCUT2D eigenvalue weighted by Gasteiger charge is 2.34. The van der Waals surface area contributed by atoms with E-state index in [9.17, 15) is 19.1 Å². The Balaban J connectivity index is 1.86.